The molecule has 0 saturated carbocycles. The predicted molar refractivity (Wildman–Crippen MR) is 217 cm³/mol. The summed E-state index contributed by atoms with van der Waals surface area (Å²) in [7, 11) is 3.30. The molecule has 0 bridgehead atoms. The smallest absolute Gasteiger partial charge is 0.333 e. The predicted octanol–water partition coefficient (Wildman–Crippen LogP) is 9.44. The van der Waals surface area contributed by atoms with Gasteiger partial charge in [-0.15, -0.1) is 0 Å². The van der Waals surface area contributed by atoms with E-state index in [1.807, 2.05) is 72.8 Å². The first kappa shape index (κ1) is 40.3. The number of hydrogen-bond donors (Lipinski definition) is 0. The van der Waals surface area contributed by atoms with E-state index >= 15 is 0 Å². The molecule has 3 aromatic carbocycles. The highest BCUT2D eigenvalue weighted by Crippen LogP contribution is 2.42. The molecule has 1 aromatic heterocycles. The largest absolute Gasteiger partial charge is 0.497 e. The van der Waals surface area contributed by atoms with Crippen LogP contribution in [-0.4, -0.2) is 36.1 Å². The maximum absolute atomic E-state index is 13.8. The zero-order valence-corrected chi connectivity index (χ0v) is 33.0. The highest BCUT2D eigenvalue weighted by Gasteiger charge is 2.40. The summed E-state index contributed by atoms with van der Waals surface area (Å²) in [5.74, 6) is 1.50. The van der Waals surface area contributed by atoms with Gasteiger partial charge in [0.05, 0.1) is 26.9 Å². The molecule has 1 saturated heterocycles. The molecule has 0 N–H and O–H groups in total. The van der Waals surface area contributed by atoms with Crippen LogP contribution in [0, 0.1) is 6.92 Å². The Hall–Kier alpha value is -4.92. The Morgan fingerprint density at radius 1 is 0.759 bits per heavy atom. The fraction of sp³-hybridized carbons (Fsp3) is 0.391. The van der Waals surface area contributed by atoms with Gasteiger partial charge in [0.25, 0.3) is 5.56 Å². The average molecular weight is 733 g/mol. The molecule has 0 spiro atoms. The minimum absolute atomic E-state index is 0.219. The summed E-state index contributed by atoms with van der Waals surface area (Å²) in [5.41, 5.74) is 5.57. The van der Waals surface area contributed by atoms with Crippen LogP contribution in [0.3, 0.4) is 0 Å². The van der Waals surface area contributed by atoms with E-state index in [2.05, 4.69) is 52.0 Å². The topological polar surface area (TPSA) is 80.9 Å². The van der Waals surface area contributed by atoms with Gasteiger partial charge in [0.15, 0.2) is 0 Å². The molecule has 1 aliphatic rings. The fourth-order valence-electron chi connectivity index (χ4n) is 7.02. The molecule has 4 aromatic rings. The van der Waals surface area contributed by atoms with Crippen molar-refractivity contribution in [1.82, 2.24) is 9.13 Å². The van der Waals surface area contributed by atoms with Gasteiger partial charge in [0.1, 0.15) is 23.3 Å². The van der Waals surface area contributed by atoms with Gasteiger partial charge in [0, 0.05) is 18.3 Å². The zero-order chi connectivity index (χ0) is 38.7. The Kier molecular flexibility index (Phi) is 14.1. The first-order valence-corrected chi connectivity index (χ1v) is 19.0. The summed E-state index contributed by atoms with van der Waals surface area (Å²) < 4.78 is 27.5. The van der Waals surface area contributed by atoms with Crippen molar-refractivity contribution in [3.63, 3.8) is 0 Å². The number of nitrogens with zero attached hydrogens (tertiary/aromatic N) is 2. The van der Waals surface area contributed by atoms with Crippen molar-refractivity contribution in [1.29, 1.82) is 0 Å². The molecule has 0 aliphatic carbocycles. The number of ether oxygens (including phenoxy) is 4. The minimum Gasteiger partial charge on any atom is -0.497 e. The number of hydrogen-bond acceptors (Lipinski definition) is 6. The van der Waals surface area contributed by atoms with Crippen molar-refractivity contribution in [2.24, 2.45) is 0 Å². The van der Waals surface area contributed by atoms with Crippen LogP contribution in [0.1, 0.15) is 94.7 Å². The van der Waals surface area contributed by atoms with Gasteiger partial charge in [0.2, 0.25) is 0 Å². The van der Waals surface area contributed by atoms with Gasteiger partial charge in [-0.05, 0) is 114 Å². The van der Waals surface area contributed by atoms with Crippen molar-refractivity contribution >= 4 is 0 Å². The normalized spacial score (nSPS) is 16.4. The summed E-state index contributed by atoms with van der Waals surface area (Å²) in [6.45, 7) is 10.7. The van der Waals surface area contributed by atoms with Crippen LogP contribution in [0.2, 0.25) is 0 Å². The third-order valence-corrected chi connectivity index (χ3v) is 10.2. The summed E-state index contributed by atoms with van der Waals surface area (Å²) in [4.78, 5) is 27.0. The lowest BCUT2D eigenvalue weighted by Crippen LogP contribution is -2.42. The molecule has 0 unspecified atom stereocenters. The quantitative estimate of drug-likeness (QED) is 0.0795. The third-order valence-electron chi connectivity index (χ3n) is 10.2. The van der Waals surface area contributed by atoms with Crippen molar-refractivity contribution in [3.8, 4) is 11.5 Å². The Morgan fingerprint density at radius 3 is 1.89 bits per heavy atom. The third kappa shape index (κ3) is 9.78. The standard InChI is InChI=1S/C46H56N2O6/c1-33(2)13-11-14-34(3)15-12-16-35(4)29-30-47-44(49)36(5)31-48(45(47)50)43-28-27-42(54-43)32-53-46(37-17-9-8-10-18-37,38-19-23-40(51-6)24-20-38)39-21-25-41(52-7)26-22-39/h8-10,13,15,17-26,29,31,42-43H,11-12,14,16,27-28,30,32H2,1-7H3/b34-15+,35-29+/t42-,43-/m1/s1. The Balaban J connectivity index is 1.34. The van der Waals surface area contributed by atoms with Crippen molar-refractivity contribution in [2.75, 3.05) is 20.8 Å². The number of rotatable bonds is 17. The van der Waals surface area contributed by atoms with Gasteiger partial charge in [-0.2, -0.15) is 0 Å². The van der Waals surface area contributed by atoms with Crippen LogP contribution in [0.15, 0.2) is 130 Å². The zero-order valence-electron chi connectivity index (χ0n) is 33.0. The van der Waals surface area contributed by atoms with Crippen LogP contribution < -0.4 is 20.7 Å². The van der Waals surface area contributed by atoms with E-state index in [0.717, 1.165) is 59.4 Å². The molecule has 0 amide bonds. The van der Waals surface area contributed by atoms with Gasteiger partial charge in [-0.3, -0.25) is 13.9 Å². The maximum atomic E-state index is 13.8. The molecule has 0 radical (unpaired) electrons. The maximum Gasteiger partial charge on any atom is 0.333 e. The second kappa shape index (κ2) is 18.9. The molecule has 2 atom stereocenters. The Labute approximate surface area is 320 Å². The summed E-state index contributed by atoms with van der Waals surface area (Å²) >= 11 is 0. The number of aryl methyl sites for hydroxylation is 1. The van der Waals surface area contributed by atoms with E-state index in [1.54, 1.807) is 31.9 Å². The number of methoxy groups -OCH3 is 2. The van der Waals surface area contributed by atoms with Gasteiger partial charge in [-0.1, -0.05) is 89.5 Å². The SMILES string of the molecule is COc1ccc(C(OC[C@H]2CC[C@H](n3cc(C)c(=O)n(C/C=C(\C)CC/C=C(\C)CCC=C(C)C)c3=O)O2)(c2ccccc2)c2ccc(OC)cc2)cc1. The van der Waals surface area contributed by atoms with Crippen molar-refractivity contribution < 1.29 is 18.9 Å². The van der Waals surface area contributed by atoms with E-state index in [9.17, 15) is 9.59 Å². The van der Waals surface area contributed by atoms with Crippen LogP contribution >= 0.6 is 0 Å². The number of aromatic nitrogens is 2. The van der Waals surface area contributed by atoms with E-state index in [1.165, 1.54) is 15.7 Å². The summed E-state index contributed by atoms with van der Waals surface area (Å²) in [5, 5.41) is 0. The first-order valence-electron chi connectivity index (χ1n) is 19.0. The van der Waals surface area contributed by atoms with E-state index in [0.29, 0.717) is 18.4 Å². The fourth-order valence-corrected chi connectivity index (χ4v) is 7.02. The number of allylic oxidation sites excluding steroid dienone is 6. The van der Waals surface area contributed by atoms with Crippen LogP contribution in [-0.2, 0) is 21.6 Å². The second-order valence-corrected chi connectivity index (χ2v) is 14.5. The molecule has 2 heterocycles. The molecule has 54 heavy (non-hydrogen) atoms. The molecule has 8 nitrogen and oxygen atoms in total. The second-order valence-electron chi connectivity index (χ2n) is 14.5. The lowest BCUT2D eigenvalue weighted by Gasteiger charge is -2.37. The van der Waals surface area contributed by atoms with Gasteiger partial charge < -0.3 is 18.9 Å². The Morgan fingerprint density at radius 2 is 1.31 bits per heavy atom. The summed E-state index contributed by atoms with van der Waals surface area (Å²) in [6.07, 6.45) is 12.6. The summed E-state index contributed by atoms with van der Waals surface area (Å²) in [6, 6.07) is 26.0. The van der Waals surface area contributed by atoms with Crippen LogP contribution in [0.4, 0.5) is 0 Å². The van der Waals surface area contributed by atoms with Crippen molar-refractivity contribution in [3.05, 3.63) is 163 Å². The molecule has 1 fully saturated rings. The van der Waals surface area contributed by atoms with E-state index in [-0.39, 0.29) is 30.5 Å². The minimum atomic E-state index is -0.980. The molecule has 8 heteroatoms. The van der Waals surface area contributed by atoms with Gasteiger partial charge >= 0.3 is 5.69 Å². The van der Waals surface area contributed by atoms with E-state index in [4.69, 9.17) is 18.9 Å². The molecule has 5 rings (SSSR count). The Bertz CT molecular complexity index is 1990. The number of benzene rings is 3. The molecule has 1 aliphatic heterocycles. The van der Waals surface area contributed by atoms with Gasteiger partial charge in [-0.25, -0.2) is 4.79 Å². The average Bonchev–Trinajstić information content (AvgIpc) is 3.66. The first-order chi connectivity index (χ1) is 26.0. The lowest BCUT2D eigenvalue weighted by molar-refractivity contribution is -0.0776. The van der Waals surface area contributed by atoms with Crippen LogP contribution in [0.5, 0.6) is 11.5 Å². The molecular weight excluding hydrogens is 677 g/mol. The molecular formula is C46H56N2O6. The highest BCUT2D eigenvalue weighted by atomic mass is 16.6. The van der Waals surface area contributed by atoms with Crippen LogP contribution in [0.25, 0.3) is 0 Å². The van der Waals surface area contributed by atoms with Crippen molar-refractivity contribution in [2.45, 2.75) is 97.6 Å². The molecule has 286 valence electrons. The highest BCUT2D eigenvalue weighted by molar-refractivity contribution is 5.49. The van der Waals surface area contributed by atoms with E-state index < -0.39 is 11.8 Å². The lowest BCUT2D eigenvalue weighted by atomic mass is 9.80. The monoisotopic (exact) mass is 732 g/mol.